The topological polar surface area (TPSA) is 50.9 Å². The molecule has 2 aromatic heterocycles. The van der Waals surface area contributed by atoms with Gasteiger partial charge in [-0.05, 0) is 22.4 Å². The van der Waals surface area contributed by atoms with Crippen molar-refractivity contribution in [3.63, 3.8) is 0 Å². The van der Waals surface area contributed by atoms with Gasteiger partial charge in [-0.25, -0.2) is 4.98 Å². The first-order valence-electron chi connectivity index (χ1n) is 4.73. The molecule has 0 saturated carbocycles. The van der Waals surface area contributed by atoms with Crippen LogP contribution in [0.2, 0.25) is 0 Å². The minimum atomic E-state index is 0.537. The minimum Gasteiger partial charge on any atom is -0.325 e. The lowest BCUT2D eigenvalue weighted by molar-refractivity contribution is 0.682. The third-order valence-corrected chi connectivity index (χ3v) is 3.64. The number of aromatic nitrogens is 1. The molecule has 0 aliphatic heterocycles. The van der Waals surface area contributed by atoms with Gasteiger partial charge in [-0.15, -0.1) is 11.3 Å². The monoisotopic (exact) mass is 239 g/mol. The van der Waals surface area contributed by atoms with E-state index in [0.29, 0.717) is 6.54 Å². The number of nitrogens with zero attached hydrogens (tertiary/aromatic N) is 1. The van der Waals surface area contributed by atoms with E-state index in [1.165, 1.54) is 5.56 Å². The van der Waals surface area contributed by atoms with Crippen LogP contribution in [0.15, 0.2) is 22.2 Å². The molecule has 0 saturated heterocycles. The highest BCUT2D eigenvalue weighted by atomic mass is 32.1. The maximum atomic E-state index is 5.50. The Morgan fingerprint density at radius 1 is 1.33 bits per heavy atom. The summed E-state index contributed by atoms with van der Waals surface area (Å²) in [5.74, 6) is 0. The van der Waals surface area contributed by atoms with E-state index in [1.807, 2.05) is 0 Å². The molecule has 0 unspecified atom stereocenters. The molecule has 5 heteroatoms. The van der Waals surface area contributed by atoms with Gasteiger partial charge in [0.15, 0.2) is 0 Å². The van der Waals surface area contributed by atoms with Crippen molar-refractivity contribution < 1.29 is 0 Å². The van der Waals surface area contributed by atoms with Crippen molar-refractivity contribution in [3.8, 4) is 0 Å². The lowest BCUT2D eigenvalue weighted by Crippen LogP contribution is -2.12. The number of hydrogen-bond acceptors (Lipinski definition) is 5. The highest BCUT2D eigenvalue weighted by Crippen LogP contribution is 2.09. The smallest absolute Gasteiger partial charge is 0.106 e. The molecule has 3 nitrogen and oxygen atoms in total. The molecule has 2 rings (SSSR count). The van der Waals surface area contributed by atoms with Crippen LogP contribution in [0.1, 0.15) is 16.3 Å². The van der Waals surface area contributed by atoms with Crippen LogP contribution in [0.5, 0.6) is 0 Å². The van der Waals surface area contributed by atoms with Crippen LogP contribution in [-0.4, -0.2) is 4.98 Å². The molecule has 80 valence electrons. The largest absolute Gasteiger partial charge is 0.325 e. The summed E-state index contributed by atoms with van der Waals surface area (Å²) in [6, 6.07) is 2.13. The molecule has 0 atom stereocenters. The fraction of sp³-hybridized carbons (Fsp3) is 0.300. The van der Waals surface area contributed by atoms with Crippen molar-refractivity contribution in [3.05, 3.63) is 38.5 Å². The Morgan fingerprint density at radius 2 is 2.27 bits per heavy atom. The van der Waals surface area contributed by atoms with Gasteiger partial charge < -0.3 is 11.1 Å². The Kier molecular flexibility index (Phi) is 3.85. The molecule has 2 heterocycles. The fourth-order valence-electron chi connectivity index (χ4n) is 1.25. The van der Waals surface area contributed by atoms with Crippen LogP contribution in [-0.2, 0) is 19.6 Å². The van der Waals surface area contributed by atoms with Crippen LogP contribution >= 0.6 is 22.7 Å². The summed E-state index contributed by atoms with van der Waals surface area (Å²) in [5, 5.41) is 10.7. The first-order valence-corrected chi connectivity index (χ1v) is 6.56. The molecule has 3 N–H and O–H groups in total. The third-order valence-electron chi connectivity index (χ3n) is 1.99. The minimum absolute atomic E-state index is 0.537. The van der Waals surface area contributed by atoms with Crippen LogP contribution in [0.3, 0.4) is 0 Å². The van der Waals surface area contributed by atoms with Crippen molar-refractivity contribution in [2.75, 3.05) is 0 Å². The maximum Gasteiger partial charge on any atom is 0.106 e. The summed E-state index contributed by atoms with van der Waals surface area (Å²) in [4.78, 5) is 4.38. The number of nitrogens with two attached hydrogens (primary N) is 1. The Balaban J connectivity index is 1.78. The van der Waals surface area contributed by atoms with Gasteiger partial charge in [0.1, 0.15) is 5.01 Å². The number of rotatable bonds is 5. The van der Waals surface area contributed by atoms with Gasteiger partial charge in [-0.1, -0.05) is 0 Å². The summed E-state index contributed by atoms with van der Waals surface area (Å²) >= 11 is 3.35. The molecule has 0 radical (unpaired) electrons. The fourth-order valence-corrected chi connectivity index (χ4v) is 2.59. The lowest BCUT2D eigenvalue weighted by Gasteiger charge is -1.99. The Morgan fingerprint density at radius 3 is 2.93 bits per heavy atom. The van der Waals surface area contributed by atoms with Gasteiger partial charge in [-0.3, -0.25) is 0 Å². The van der Waals surface area contributed by atoms with Crippen molar-refractivity contribution >= 4 is 22.7 Å². The van der Waals surface area contributed by atoms with Crippen LogP contribution in [0.25, 0.3) is 0 Å². The van der Waals surface area contributed by atoms with E-state index in [4.69, 9.17) is 5.73 Å². The highest BCUT2D eigenvalue weighted by molar-refractivity contribution is 7.09. The van der Waals surface area contributed by atoms with Crippen LogP contribution < -0.4 is 11.1 Å². The molecule has 0 aliphatic carbocycles. The van der Waals surface area contributed by atoms with Gasteiger partial charge in [0.05, 0.1) is 5.69 Å². The zero-order chi connectivity index (χ0) is 10.5. The zero-order valence-corrected chi connectivity index (χ0v) is 9.90. The van der Waals surface area contributed by atoms with Crippen molar-refractivity contribution in [2.24, 2.45) is 5.73 Å². The van der Waals surface area contributed by atoms with Crippen molar-refractivity contribution in [2.45, 2.75) is 19.6 Å². The predicted octanol–water partition coefficient (Wildman–Crippen LogP) is 1.95. The molecule has 0 bridgehead atoms. The molecule has 0 aromatic carbocycles. The van der Waals surface area contributed by atoms with Crippen molar-refractivity contribution in [1.82, 2.24) is 10.3 Å². The third kappa shape index (κ3) is 3.10. The van der Waals surface area contributed by atoms with E-state index in [9.17, 15) is 0 Å². The molecule has 0 fully saturated rings. The average molecular weight is 239 g/mol. The lowest BCUT2D eigenvalue weighted by atomic mass is 10.3. The van der Waals surface area contributed by atoms with Gasteiger partial charge in [0.25, 0.3) is 0 Å². The summed E-state index contributed by atoms with van der Waals surface area (Å²) < 4.78 is 0. The summed E-state index contributed by atoms with van der Waals surface area (Å²) in [7, 11) is 0. The quantitative estimate of drug-likeness (QED) is 0.838. The molecule has 2 aromatic rings. The standard InChI is InChI=1S/C10H13N3S2/c11-3-10-13-9(7-15-10)5-12-4-8-1-2-14-6-8/h1-2,6-7,12H,3-5,11H2. The molecular formula is C10H13N3S2. The summed E-state index contributed by atoms with van der Waals surface area (Å²) in [5.41, 5.74) is 7.91. The Labute approximate surface area is 97.0 Å². The first-order chi connectivity index (χ1) is 7.38. The van der Waals surface area contributed by atoms with E-state index in [-0.39, 0.29) is 0 Å². The number of thiophene rings is 1. The highest BCUT2D eigenvalue weighted by Gasteiger charge is 1.99. The van der Waals surface area contributed by atoms with Gasteiger partial charge in [-0.2, -0.15) is 11.3 Å². The van der Waals surface area contributed by atoms with E-state index >= 15 is 0 Å². The molecular weight excluding hydrogens is 226 g/mol. The molecule has 0 aliphatic rings. The average Bonchev–Trinajstić information content (AvgIpc) is 2.88. The van der Waals surface area contributed by atoms with E-state index < -0.39 is 0 Å². The summed E-state index contributed by atoms with van der Waals surface area (Å²) in [6.45, 7) is 2.25. The number of hydrogen-bond donors (Lipinski definition) is 2. The van der Waals surface area contributed by atoms with E-state index in [0.717, 1.165) is 23.8 Å². The van der Waals surface area contributed by atoms with Crippen LogP contribution in [0.4, 0.5) is 0 Å². The maximum absolute atomic E-state index is 5.50. The first kappa shape index (κ1) is 10.8. The molecule has 0 amide bonds. The molecule has 15 heavy (non-hydrogen) atoms. The second kappa shape index (κ2) is 5.37. The van der Waals surface area contributed by atoms with E-state index in [1.54, 1.807) is 22.7 Å². The second-order valence-electron chi connectivity index (χ2n) is 3.17. The normalized spacial score (nSPS) is 10.7. The molecule has 0 spiro atoms. The number of nitrogens with one attached hydrogen (secondary N) is 1. The van der Waals surface area contributed by atoms with Gasteiger partial charge in [0.2, 0.25) is 0 Å². The number of thiazole rings is 1. The van der Waals surface area contributed by atoms with Gasteiger partial charge in [0, 0.05) is 25.0 Å². The van der Waals surface area contributed by atoms with Crippen molar-refractivity contribution in [1.29, 1.82) is 0 Å². The Hall–Kier alpha value is -0.750. The van der Waals surface area contributed by atoms with Gasteiger partial charge >= 0.3 is 0 Å². The van der Waals surface area contributed by atoms with E-state index in [2.05, 4.69) is 32.5 Å². The SMILES string of the molecule is NCc1nc(CNCc2ccsc2)cs1. The Bertz CT molecular complexity index is 394. The predicted molar refractivity (Wildman–Crippen MR) is 64.9 cm³/mol. The summed E-state index contributed by atoms with van der Waals surface area (Å²) in [6.07, 6.45) is 0. The zero-order valence-electron chi connectivity index (χ0n) is 8.27. The second-order valence-corrected chi connectivity index (χ2v) is 4.89. The van der Waals surface area contributed by atoms with Crippen LogP contribution in [0, 0.1) is 0 Å².